The molecule has 152 valence electrons. The third kappa shape index (κ3) is 4.32. The number of piperidine rings is 1. The SMILES string of the molecule is CC(C)c1ccc(NC(=O)Cn2cnc3nc(N4CCCCC4)sc3c2=O)cc1. The second-order valence-electron chi connectivity index (χ2n) is 7.70. The van der Waals surface area contributed by atoms with E-state index >= 15 is 0 Å². The molecule has 29 heavy (non-hydrogen) atoms. The normalized spacial score (nSPS) is 14.5. The van der Waals surface area contributed by atoms with Gasteiger partial charge in [0.05, 0.1) is 0 Å². The van der Waals surface area contributed by atoms with E-state index < -0.39 is 0 Å². The average molecular weight is 412 g/mol. The van der Waals surface area contributed by atoms with Gasteiger partial charge in [0, 0.05) is 18.8 Å². The highest BCUT2D eigenvalue weighted by molar-refractivity contribution is 7.22. The van der Waals surface area contributed by atoms with E-state index in [4.69, 9.17) is 0 Å². The minimum absolute atomic E-state index is 0.0787. The molecule has 1 N–H and O–H groups in total. The largest absolute Gasteiger partial charge is 0.348 e. The monoisotopic (exact) mass is 411 g/mol. The lowest BCUT2D eigenvalue weighted by Gasteiger charge is -2.25. The van der Waals surface area contributed by atoms with Crippen molar-refractivity contribution >= 4 is 38.4 Å². The van der Waals surface area contributed by atoms with E-state index in [0.29, 0.717) is 22.0 Å². The Bertz CT molecular complexity index is 1060. The molecule has 3 aromatic rings. The molecule has 7 nitrogen and oxygen atoms in total. The van der Waals surface area contributed by atoms with Crippen LogP contribution in [0.1, 0.15) is 44.6 Å². The molecule has 0 aliphatic carbocycles. The van der Waals surface area contributed by atoms with E-state index in [9.17, 15) is 9.59 Å². The van der Waals surface area contributed by atoms with Crippen LogP contribution in [0, 0.1) is 0 Å². The maximum atomic E-state index is 12.8. The lowest BCUT2D eigenvalue weighted by Crippen LogP contribution is -2.29. The molecule has 1 aliphatic heterocycles. The number of hydrogen-bond donors (Lipinski definition) is 1. The lowest BCUT2D eigenvalue weighted by atomic mass is 10.0. The quantitative estimate of drug-likeness (QED) is 0.694. The summed E-state index contributed by atoms with van der Waals surface area (Å²) in [5.74, 6) is 0.177. The van der Waals surface area contributed by atoms with Crippen molar-refractivity contribution in [2.75, 3.05) is 23.3 Å². The molecule has 0 atom stereocenters. The maximum absolute atomic E-state index is 12.8. The summed E-state index contributed by atoms with van der Waals surface area (Å²) in [4.78, 5) is 36.3. The average Bonchev–Trinajstić information content (AvgIpc) is 3.16. The highest BCUT2D eigenvalue weighted by Gasteiger charge is 2.18. The van der Waals surface area contributed by atoms with Gasteiger partial charge in [0.25, 0.3) is 5.56 Å². The first-order valence-corrected chi connectivity index (χ1v) is 10.8. The number of aromatic nitrogens is 3. The fourth-order valence-corrected chi connectivity index (χ4v) is 4.50. The van der Waals surface area contributed by atoms with E-state index in [-0.39, 0.29) is 18.0 Å². The number of thiazole rings is 1. The van der Waals surface area contributed by atoms with Crippen LogP contribution in [0.15, 0.2) is 35.4 Å². The minimum Gasteiger partial charge on any atom is -0.348 e. The topological polar surface area (TPSA) is 80.1 Å². The Hall–Kier alpha value is -2.74. The van der Waals surface area contributed by atoms with Crippen molar-refractivity contribution in [1.82, 2.24) is 14.5 Å². The van der Waals surface area contributed by atoms with Crippen molar-refractivity contribution < 1.29 is 4.79 Å². The Labute approximate surface area is 173 Å². The van der Waals surface area contributed by atoms with E-state index in [1.165, 1.54) is 34.2 Å². The Kier molecular flexibility index (Phi) is 5.62. The van der Waals surface area contributed by atoms with Gasteiger partial charge in [-0.3, -0.25) is 14.2 Å². The summed E-state index contributed by atoms with van der Waals surface area (Å²) in [5, 5.41) is 3.69. The number of rotatable bonds is 5. The number of carbonyl (C=O) groups is 1. The van der Waals surface area contributed by atoms with Gasteiger partial charge in [-0.25, -0.2) is 4.98 Å². The number of hydrogen-bond acceptors (Lipinski definition) is 6. The van der Waals surface area contributed by atoms with Crippen LogP contribution in [-0.2, 0) is 11.3 Å². The third-order valence-corrected chi connectivity index (χ3v) is 6.27. The Balaban J connectivity index is 1.49. The van der Waals surface area contributed by atoms with E-state index in [1.54, 1.807) is 0 Å². The van der Waals surface area contributed by atoms with Crippen LogP contribution in [0.25, 0.3) is 10.3 Å². The molecule has 4 rings (SSSR count). The van der Waals surface area contributed by atoms with Gasteiger partial charge < -0.3 is 10.2 Å². The summed E-state index contributed by atoms with van der Waals surface area (Å²) in [6, 6.07) is 7.76. The molecule has 8 heteroatoms. The van der Waals surface area contributed by atoms with Crippen molar-refractivity contribution in [3.63, 3.8) is 0 Å². The highest BCUT2D eigenvalue weighted by Crippen LogP contribution is 2.27. The van der Waals surface area contributed by atoms with Gasteiger partial charge in [-0.05, 0) is 42.9 Å². The van der Waals surface area contributed by atoms with Gasteiger partial charge >= 0.3 is 0 Å². The van der Waals surface area contributed by atoms with Crippen LogP contribution in [0.5, 0.6) is 0 Å². The second kappa shape index (κ2) is 8.32. The first kappa shape index (κ1) is 19.6. The summed E-state index contributed by atoms with van der Waals surface area (Å²) in [5.41, 5.74) is 2.16. The molecular weight excluding hydrogens is 386 g/mol. The van der Waals surface area contributed by atoms with Crippen LogP contribution in [0.4, 0.5) is 10.8 Å². The Morgan fingerprint density at radius 3 is 2.59 bits per heavy atom. The van der Waals surface area contributed by atoms with Crippen LogP contribution < -0.4 is 15.8 Å². The van der Waals surface area contributed by atoms with Crippen LogP contribution in [0.2, 0.25) is 0 Å². The molecule has 0 spiro atoms. The summed E-state index contributed by atoms with van der Waals surface area (Å²) < 4.78 is 1.85. The summed E-state index contributed by atoms with van der Waals surface area (Å²) in [6.07, 6.45) is 4.94. The standard InChI is InChI=1S/C21H25N5O2S/c1-14(2)15-6-8-16(9-7-15)23-17(27)12-26-13-22-19-18(20(26)28)29-21(24-19)25-10-4-3-5-11-25/h6-9,13-14H,3-5,10-12H2,1-2H3,(H,23,27). The molecule has 1 aromatic carbocycles. The molecule has 1 aliphatic rings. The molecule has 1 fully saturated rings. The number of benzene rings is 1. The smallest absolute Gasteiger partial charge is 0.273 e. The summed E-state index contributed by atoms with van der Waals surface area (Å²) in [7, 11) is 0. The predicted molar refractivity (Wildman–Crippen MR) is 117 cm³/mol. The van der Waals surface area contributed by atoms with E-state index in [1.807, 2.05) is 24.3 Å². The van der Waals surface area contributed by atoms with Gasteiger partial charge in [0.15, 0.2) is 10.8 Å². The molecule has 0 unspecified atom stereocenters. The number of nitrogens with zero attached hydrogens (tertiary/aromatic N) is 4. The number of fused-ring (bicyclic) bond motifs is 1. The lowest BCUT2D eigenvalue weighted by molar-refractivity contribution is -0.116. The number of amides is 1. The van der Waals surface area contributed by atoms with E-state index in [0.717, 1.165) is 31.1 Å². The molecular formula is C21H25N5O2S. The van der Waals surface area contributed by atoms with Crippen LogP contribution in [0.3, 0.4) is 0 Å². The molecule has 0 saturated carbocycles. The minimum atomic E-state index is -0.258. The predicted octanol–water partition coefficient (Wildman–Crippen LogP) is 3.61. The first-order valence-electron chi connectivity index (χ1n) is 10.0. The van der Waals surface area contributed by atoms with Crippen molar-refractivity contribution in [3.8, 4) is 0 Å². The highest BCUT2D eigenvalue weighted by atomic mass is 32.1. The maximum Gasteiger partial charge on any atom is 0.273 e. The fraction of sp³-hybridized carbons (Fsp3) is 0.429. The Morgan fingerprint density at radius 2 is 1.90 bits per heavy atom. The van der Waals surface area contributed by atoms with Gasteiger partial charge in [-0.15, -0.1) is 0 Å². The number of nitrogens with one attached hydrogen (secondary N) is 1. The fourth-order valence-electron chi connectivity index (χ4n) is 3.47. The zero-order valence-corrected chi connectivity index (χ0v) is 17.5. The van der Waals surface area contributed by atoms with Crippen LogP contribution >= 0.6 is 11.3 Å². The van der Waals surface area contributed by atoms with Crippen LogP contribution in [-0.4, -0.2) is 33.5 Å². The molecule has 3 heterocycles. The van der Waals surface area contributed by atoms with E-state index in [2.05, 4.69) is 34.0 Å². The van der Waals surface area contributed by atoms with Gasteiger partial charge in [0.1, 0.15) is 17.6 Å². The summed E-state index contributed by atoms with van der Waals surface area (Å²) >= 11 is 1.37. The van der Waals surface area contributed by atoms with Crippen molar-refractivity contribution in [2.45, 2.75) is 45.6 Å². The van der Waals surface area contributed by atoms with Crippen molar-refractivity contribution in [1.29, 1.82) is 0 Å². The second-order valence-corrected chi connectivity index (χ2v) is 8.68. The van der Waals surface area contributed by atoms with Gasteiger partial charge in [-0.1, -0.05) is 37.3 Å². The third-order valence-electron chi connectivity index (χ3n) is 5.17. The molecule has 2 aromatic heterocycles. The summed E-state index contributed by atoms with van der Waals surface area (Å²) in [6.45, 7) is 6.10. The number of anilines is 2. The van der Waals surface area contributed by atoms with Gasteiger partial charge in [-0.2, -0.15) is 4.98 Å². The van der Waals surface area contributed by atoms with Crippen molar-refractivity contribution in [2.24, 2.45) is 0 Å². The first-order chi connectivity index (χ1) is 14.0. The molecule has 0 bridgehead atoms. The van der Waals surface area contributed by atoms with Crippen molar-refractivity contribution in [3.05, 3.63) is 46.5 Å². The molecule has 0 radical (unpaired) electrons. The number of carbonyl (C=O) groups excluding carboxylic acids is 1. The van der Waals surface area contributed by atoms with Gasteiger partial charge in [0.2, 0.25) is 5.91 Å². The zero-order valence-electron chi connectivity index (χ0n) is 16.7. The molecule has 1 saturated heterocycles. The zero-order chi connectivity index (χ0) is 20.4. The molecule has 1 amide bonds. The Morgan fingerprint density at radius 1 is 1.17 bits per heavy atom.